The van der Waals surface area contributed by atoms with Crippen LogP contribution in [-0.2, 0) is 6.42 Å². The molecule has 0 saturated carbocycles. The molecule has 2 heterocycles. The standard InChI is InChI=1S/C13H10N2O2S/c14-4-3-10-8-18-13(15-10)9-1-2-11-12(7-9)17-6-5-16-11/h1-2,7-8H,3,5-6H2. The molecule has 4 nitrogen and oxygen atoms in total. The lowest BCUT2D eigenvalue weighted by Crippen LogP contribution is -2.15. The molecule has 0 unspecified atom stereocenters. The zero-order chi connectivity index (χ0) is 12.4. The molecule has 0 bridgehead atoms. The van der Waals surface area contributed by atoms with Crippen LogP contribution in [0.4, 0.5) is 0 Å². The van der Waals surface area contributed by atoms with Gasteiger partial charge >= 0.3 is 0 Å². The highest BCUT2D eigenvalue weighted by atomic mass is 32.1. The smallest absolute Gasteiger partial charge is 0.162 e. The Bertz CT molecular complexity index is 616. The van der Waals surface area contributed by atoms with Crippen molar-refractivity contribution < 1.29 is 9.47 Å². The van der Waals surface area contributed by atoms with Crippen molar-refractivity contribution in [2.75, 3.05) is 13.2 Å². The van der Waals surface area contributed by atoms with E-state index in [2.05, 4.69) is 11.1 Å². The number of benzene rings is 1. The number of fused-ring (bicyclic) bond motifs is 1. The minimum atomic E-state index is 0.348. The molecule has 0 saturated heterocycles. The molecule has 0 atom stereocenters. The summed E-state index contributed by atoms with van der Waals surface area (Å²) < 4.78 is 11.0. The minimum Gasteiger partial charge on any atom is -0.486 e. The largest absolute Gasteiger partial charge is 0.486 e. The van der Waals surface area contributed by atoms with E-state index < -0.39 is 0 Å². The maximum Gasteiger partial charge on any atom is 0.162 e. The average Bonchev–Trinajstić information content (AvgIpc) is 2.87. The predicted octanol–water partition coefficient (Wildman–Crippen LogP) is 2.65. The molecule has 1 aliphatic rings. The van der Waals surface area contributed by atoms with Crippen LogP contribution in [0.15, 0.2) is 23.6 Å². The third kappa shape index (κ3) is 2.03. The zero-order valence-corrected chi connectivity index (χ0v) is 10.4. The third-order valence-electron chi connectivity index (χ3n) is 2.60. The molecule has 0 spiro atoms. The number of rotatable bonds is 2. The number of nitriles is 1. The van der Waals surface area contributed by atoms with Gasteiger partial charge in [-0.1, -0.05) is 0 Å². The molecule has 5 heteroatoms. The van der Waals surface area contributed by atoms with Gasteiger partial charge in [-0.2, -0.15) is 5.26 Å². The van der Waals surface area contributed by atoms with E-state index in [-0.39, 0.29) is 0 Å². The Hall–Kier alpha value is -2.06. The van der Waals surface area contributed by atoms with Crippen LogP contribution < -0.4 is 9.47 Å². The molecule has 0 amide bonds. The fourth-order valence-electron chi connectivity index (χ4n) is 1.78. The van der Waals surface area contributed by atoms with Crippen LogP contribution in [0.2, 0.25) is 0 Å². The summed E-state index contributed by atoms with van der Waals surface area (Å²) in [5.41, 5.74) is 1.81. The summed E-state index contributed by atoms with van der Waals surface area (Å²) >= 11 is 1.53. The Morgan fingerprint density at radius 1 is 1.28 bits per heavy atom. The first-order valence-corrected chi connectivity index (χ1v) is 6.46. The van der Waals surface area contributed by atoms with Crippen LogP contribution >= 0.6 is 11.3 Å². The molecule has 2 aromatic rings. The monoisotopic (exact) mass is 258 g/mol. The summed E-state index contributed by atoms with van der Waals surface area (Å²) in [5, 5.41) is 11.4. The molecule has 1 aromatic carbocycles. The van der Waals surface area contributed by atoms with Gasteiger partial charge in [0.2, 0.25) is 0 Å². The normalized spacial score (nSPS) is 13.1. The Kier molecular flexibility index (Phi) is 2.87. The van der Waals surface area contributed by atoms with Gasteiger partial charge in [0.05, 0.1) is 18.2 Å². The molecule has 90 valence electrons. The van der Waals surface area contributed by atoms with Crippen LogP contribution in [0.3, 0.4) is 0 Å². The molecule has 0 fully saturated rings. The van der Waals surface area contributed by atoms with E-state index in [1.54, 1.807) is 0 Å². The molecule has 3 rings (SSSR count). The van der Waals surface area contributed by atoms with E-state index in [9.17, 15) is 0 Å². The second kappa shape index (κ2) is 4.67. The minimum absolute atomic E-state index is 0.348. The van der Waals surface area contributed by atoms with Crippen LogP contribution in [0.5, 0.6) is 11.5 Å². The van der Waals surface area contributed by atoms with Crippen LogP contribution in [0.25, 0.3) is 10.6 Å². The van der Waals surface area contributed by atoms with Gasteiger partial charge in [-0.05, 0) is 18.2 Å². The number of thiazole rings is 1. The Morgan fingerprint density at radius 3 is 2.94 bits per heavy atom. The molecule has 0 N–H and O–H groups in total. The van der Waals surface area contributed by atoms with E-state index in [1.165, 1.54) is 11.3 Å². The molecule has 0 aliphatic carbocycles. The van der Waals surface area contributed by atoms with Crippen molar-refractivity contribution in [1.29, 1.82) is 5.26 Å². The molecular weight excluding hydrogens is 248 g/mol. The molecular formula is C13H10N2O2S. The summed E-state index contributed by atoms with van der Waals surface area (Å²) in [5.74, 6) is 1.54. The number of nitrogens with zero attached hydrogens (tertiary/aromatic N) is 2. The molecule has 0 radical (unpaired) electrons. The van der Waals surface area contributed by atoms with Crippen molar-refractivity contribution in [1.82, 2.24) is 4.98 Å². The summed E-state index contributed by atoms with van der Waals surface area (Å²) in [4.78, 5) is 4.42. The van der Waals surface area contributed by atoms with Crippen LogP contribution in [0.1, 0.15) is 5.69 Å². The number of hydrogen-bond donors (Lipinski definition) is 0. The highest BCUT2D eigenvalue weighted by molar-refractivity contribution is 7.13. The Labute approximate surface area is 108 Å². The highest BCUT2D eigenvalue weighted by Gasteiger charge is 2.13. The molecule has 1 aromatic heterocycles. The second-order valence-electron chi connectivity index (χ2n) is 3.84. The second-order valence-corrected chi connectivity index (χ2v) is 4.70. The van der Waals surface area contributed by atoms with Gasteiger partial charge in [0.25, 0.3) is 0 Å². The van der Waals surface area contributed by atoms with E-state index >= 15 is 0 Å². The van der Waals surface area contributed by atoms with E-state index in [0.717, 1.165) is 27.8 Å². The van der Waals surface area contributed by atoms with Crippen molar-refractivity contribution in [3.63, 3.8) is 0 Å². The van der Waals surface area contributed by atoms with E-state index in [1.807, 2.05) is 23.6 Å². The zero-order valence-electron chi connectivity index (χ0n) is 9.55. The Morgan fingerprint density at radius 2 is 2.11 bits per heavy atom. The van der Waals surface area contributed by atoms with Crippen LogP contribution in [-0.4, -0.2) is 18.2 Å². The lowest BCUT2D eigenvalue weighted by Gasteiger charge is -2.18. The van der Waals surface area contributed by atoms with Gasteiger partial charge in [-0.25, -0.2) is 4.98 Å². The maximum absolute atomic E-state index is 8.64. The topological polar surface area (TPSA) is 55.1 Å². The van der Waals surface area contributed by atoms with E-state index in [0.29, 0.717) is 19.6 Å². The first-order valence-electron chi connectivity index (χ1n) is 5.58. The van der Waals surface area contributed by atoms with Crippen molar-refractivity contribution in [3.8, 4) is 28.1 Å². The van der Waals surface area contributed by atoms with Crippen LogP contribution in [0, 0.1) is 11.3 Å². The lowest BCUT2D eigenvalue weighted by atomic mass is 10.2. The first-order chi connectivity index (χ1) is 8.86. The van der Waals surface area contributed by atoms with E-state index in [4.69, 9.17) is 14.7 Å². The fourth-order valence-corrected chi connectivity index (χ4v) is 2.59. The van der Waals surface area contributed by atoms with Gasteiger partial charge in [0, 0.05) is 10.9 Å². The van der Waals surface area contributed by atoms with Gasteiger partial charge in [0.1, 0.15) is 18.2 Å². The highest BCUT2D eigenvalue weighted by Crippen LogP contribution is 2.35. The summed E-state index contributed by atoms with van der Waals surface area (Å²) in [6.07, 6.45) is 0.348. The number of hydrogen-bond acceptors (Lipinski definition) is 5. The van der Waals surface area contributed by atoms with Gasteiger partial charge in [-0.15, -0.1) is 11.3 Å². The quantitative estimate of drug-likeness (QED) is 0.831. The number of ether oxygens (including phenoxy) is 2. The SMILES string of the molecule is N#CCc1csc(-c2ccc3c(c2)OCCO3)n1. The van der Waals surface area contributed by atoms with Gasteiger partial charge in [-0.3, -0.25) is 0 Å². The summed E-state index contributed by atoms with van der Waals surface area (Å²) in [7, 11) is 0. The fraction of sp³-hybridized carbons (Fsp3) is 0.231. The maximum atomic E-state index is 8.64. The van der Waals surface area contributed by atoms with Crippen molar-refractivity contribution in [2.45, 2.75) is 6.42 Å². The molecule has 18 heavy (non-hydrogen) atoms. The predicted molar refractivity (Wildman–Crippen MR) is 67.9 cm³/mol. The average molecular weight is 258 g/mol. The Balaban J connectivity index is 1.93. The molecule has 1 aliphatic heterocycles. The summed E-state index contributed by atoms with van der Waals surface area (Å²) in [6.45, 7) is 1.17. The third-order valence-corrected chi connectivity index (χ3v) is 3.54. The summed E-state index contributed by atoms with van der Waals surface area (Å²) in [6, 6.07) is 7.89. The van der Waals surface area contributed by atoms with Gasteiger partial charge in [0.15, 0.2) is 11.5 Å². The number of aromatic nitrogens is 1. The van der Waals surface area contributed by atoms with Crippen molar-refractivity contribution in [2.24, 2.45) is 0 Å². The first kappa shape index (κ1) is 11.1. The van der Waals surface area contributed by atoms with Gasteiger partial charge < -0.3 is 9.47 Å². The van der Waals surface area contributed by atoms with Crippen molar-refractivity contribution >= 4 is 11.3 Å². The van der Waals surface area contributed by atoms with Crippen molar-refractivity contribution in [3.05, 3.63) is 29.3 Å². The lowest BCUT2D eigenvalue weighted by molar-refractivity contribution is 0.171.